The van der Waals surface area contributed by atoms with Gasteiger partial charge in [0.1, 0.15) is 24.4 Å². The average Bonchev–Trinajstić information content (AvgIpc) is 3.18. The Labute approximate surface area is 334 Å². The molecular weight excluding hydrogens is 698 g/mol. The topological polar surface area (TPSA) is 169 Å². The van der Waals surface area contributed by atoms with Crippen molar-refractivity contribution in [3.63, 3.8) is 0 Å². The van der Waals surface area contributed by atoms with Crippen molar-refractivity contribution in [2.75, 3.05) is 13.2 Å². The molecule has 10 nitrogen and oxygen atoms in total. The van der Waals surface area contributed by atoms with Crippen LogP contribution in [0.2, 0.25) is 0 Å². The third-order valence-corrected chi connectivity index (χ3v) is 10.7. The van der Waals surface area contributed by atoms with Crippen LogP contribution < -0.4 is 5.32 Å². The number of hydrogen-bond donors (Lipinski definition) is 7. The highest BCUT2D eigenvalue weighted by atomic mass is 16.7. The van der Waals surface area contributed by atoms with Gasteiger partial charge in [-0.05, 0) is 45.4 Å². The number of ether oxygens (including phenoxy) is 2. The minimum absolute atomic E-state index is 0.341. The molecule has 0 saturated carbocycles. The maximum absolute atomic E-state index is 13.0. The third-order valence-electron chi connectivity index (χ3n) is 10.7. The van der Waals surface area contributed by atoms with Gasteiger partial charge in [-0.1, -0.05) is 172 Å². The number of aliphatic hydroxyl groups excluding tert-OH is 6. The van der Waals surface area contributed by atoms with Gasteiger partial charge < -0.3 is 45.4 Å². The minimum atomic E-state index is -1.62. The normalized spacial score (nSPS) is 22.4. The summed E-state index contributed by atoms with van der Waals surface area (Å²) in [6.07, 6.45) is 29.2. The zero-order chi connectivity index (χ0) is 40.5. The van der Waals surface area contributed by atoms with Crippen LogP contribution in [0.1, 0.15) is 181 Å². The monoisotopic (exact) mass is 782 g/mol. The lowest BCUT2D eigenvalue weighted by Crippen LogP contribution is -2.60. The number of rotatable bonds is 35. The molecule has 0 aromatic rings. The number of allylic oxidation sites excluding steroid dienone is 4. The van der Waals surface area contributed by atoms with Crippen molar-refractivity contribution >= 4 is 5.91 Å². The molecule has 0 radical (unpaired) electrons. The maximum atomic E-state index is 13.0. The maximum Gasteiger partial charge on any atom is 0.253 e. The Kier molecular flexibility index (Phi) is 32.2. The highest BCUT2D eigenvalue weighted by Gasteiger charge is 2.44. The summed E-state index contributed by atoms with van der Waals surface area (Å²) in [5.74, 6) is -0.712. The number of carbonyl (C=O) groups is 1. The predicted molar refractivity (Wildman–Crippen MR) is 222 cm³/mol. The van der Waals surface area contributed by atoms with E-state index in [9.17, 15) is 35.4 Å². The van der Waals surface area contributed by atoms with E-state index in [4.69, 9.17) is 9.47 Å². The number of amides is 1. The molecule has 1 aliphatic rings. The Hall–Kier alpha value is -1.63. The van der Waals surface area contributed by atoms with E-state index in [1.165, 1.54) is 134 Å². The smallest absolute Gasteiger partial charge is 0.253 e. The summed E-state index contributed by atoms with van der Waals surface area (Å²) < 4.78 is 11.1. The Morgan fingerprint density at radius 3 is 1.73 bits per heavy atom. The summed E-state index contributed by atoms with van der Waals surface area (Å²) in [6.45, 7) is 5.68. The van der Waals surface area contributed by atoms with E-state index in [0.717, 1.165) is 32.1 Å². The number of aliphatic hydroxyl groups is 6. The lowest BCUT2D eigenvalue weighted by atomic mass is 9.99. The highest BCUT2D eigenvalue weighted by Crippen LogP contribution is 2.22. The Bertz CT molecular complexity index is 1000. The highest BCUT2D eigenvalue weighted by molar-refractivity contribution is 5.82. The van der Waals surface area contributed by atoms with Crippen LogP contribution in [0.5, 0.6) is 0 Å². The van der Waals surface area contributed by atoms with Crippen molar-refractivity contribution in [3.8, 4) is 0 Å². The summed E-state index contributed by atoms with van der Waals surface area (Å²) in [7, 11) is 0. The van der Waals surface area contributed by atoms with Crippen LogP contribution >= 0.6 is 0 Å². The summed E-state index contributed by atoms with van der Waals surface area (Å²) in [5, 5.41) is 64.4. The quantitative estimate of drug-likeness (QED) is 0.0250. The van der Waals surface area contributed by atoms with E-state index < -0.39 is 61.5 Å². The van der Waals surface area contributed by atoms with Crippen LogP contribution in [0.15, 0.2) is 36.0 Å². The molecule has 10 heteroatoms. The molecule has 0 bridgehead atoms. The molecule has 55 heavy (non-hydrogen) atoms. The fourth-order valence-corrected chi connectivity index (χ4v) is 6.93. The van der Waals surface area contributed by atoms with Crippen molar-refractivity contribution in [2.45, 2.75) is 230 Å². The van der Waals surface area contributed by atoms with Crippen molar-refractivity contribution in [3.05, 3.63) is 36.0 Å². The predicted octanol–water partition coefficient (Wildman–Crippen LogP) is 7.86. The summed E-state index contributed by atoms with van der Waals surface area (Å²) in [4.78, 5) is 13.0. The molecule has 7 N–H and O–H groups in total. The molecule has 0 aromatic carbocycles. The molecule has 0 aliphatic carbocycles. The molecule has 1 amide bonds. The Morgan fingerprint density at radius 1 is 0.673 bits per heavy atom. The zero-order valence-corrected chi connectivity index (χ0v) is 35.0. The molecule has 1 fully saturated rings. The van der Waals surface area contributed by atoms with Crippen molar-refractivity contribution < 1.29 is 44.9 Å². The number of hydrogen-bond acceptors (Lipinski definition) is 9. The molecule has 0 aromatic heterocycles. The van der Waals surface area contributed by atoms with E-state index in [1.807, 2.05) is 12.2 Å². The van der Waals surface area contributed by atoms with Crippen LogP contribution in [0.25, 0.3) is 0 Å². The van der Waals surface area contributed by atoms with Gasteiger partial charge in [-0.2, -0.15) is 0 Å². The number of unbranched alkanes of at least 4 members (excludes halogenated alkanes) is 21. The summed E-state index contributed by atoms with van der Waals surface area (Å²) >= 11 is 0. The Morgan fingerprint density at radius 2 is 1.18 bits per heavy atom. The van der Waals surface area contributed by atoms with Gasteiger partial charge in [0, 0.05) is 0 Å². The summed E-state index contributed by atoms with van der Waals surface area (Å²) in [5.41, 5.74) is 1.35. The van der Waals surface area contributed by atoms with Gasteiger partial charge in [-0.15, -0.1) is 0 Å². The molecule has 1 aliphatic heterocycles. The average molecular weight is 782 g/mol. The van der Waals surface area contributed by atoms with E-state index in [1.54, 1.807) is 6.08 Å². The lowest BCUT2D eigenvalue weighted by Gasteiger charge is -2.40. The van der Waals surface area contributed by atoms with Gasteiger partial charge in [0.2, 0.25) is 0 Å². The van der Waals surface area contributed by atoms with Crippen LogP contribution in [-0.2, 0) is 14.3 Å². The fourth-order valence-electron chi connectivity index (χ4n) is 6.93. The van der Waals surface area contributed by atoms with Crippen molar-refractivity contribution in [1.29, 1.82) is 0 Å². The second kappa shape index (κ2) is 34.4. The minimum Gasteiger partial charge on any atom is -0.394 e. The van der Waals surface area contributed by atoms with Crippen LogP contribution in [0.3, 0.4) is 0 Å². The van der Waals surface area contributed by atoms with E-state index >= 15 is 0 Å². The van der Waals surface area contributed by atoms with Gasteiger partial charge in [0.25, 0.3) is 5.91 Å². The standard InChI is InChI=1S/C45H83NO9/c1-4-6-8-10-12-13-14-15-16-17-18-19-20-21-22-24-28-33-39(49)44(53)46-37(35-54-45-43(52)42(51)41(50)40(34-47)55-45)38(48)32-29-25-27-31-36(3)30-26-23-11-9-7-5-2/h28-29,31-33,37-43,45,47-52H,4-27,30,34-35H2,1-3H3,(H,46,53). The Balaban J connectivity index is 2.52. The molecule has 1 heterocycles. The number of carbonyl (C=O) groups excluding carboxylic acids is 1. The van der Waals surface area contributed by atoms with Gasteiger partial charge in [-0.25, -0.2) is 0 Å². The van der Waals surface area contributed by atoms with Gasteiger partial charge in [0.15, 0.2) is 12.4 Å². The third kappa shape index (κ3) is 25.4. The molecule has 0 spiro atoms. The molecule has 322 valence electrons. The fraction of sp³-hybridized carbons (Fsp3) is 0.844. The van der Waals surface area contributed by atoms with Crippen LogP contribution in [0.4, 0.5) is 0 Å². The van der Waals surface area contributed by atoms with Gasteiger partial charge in [0.05, 0.1) is 25.4 Å². The largest absolute Gasteiger partial charge is 0.394 e. The van der Waals surface area contributed by atoms with Gasteiger partial charge >= 0.3 is 0 Å². The van der Waals surface area contributed by atoms with Crippen LogP contribution in [0, 0.1) is 0 Å². The van der Waals surface area contributed by atoms with E-state index in [2.05, 4.69) is 32.2 Å². The molecule has 1 rings (SSSR count). The first-order valence-corrected chi connectivity index (χ1v) is 22.2. The molecule has 8 unspecified atom stereocenters. The van der Waals surface area contributed by atoms with Crippen molar-refractivity contribution in [1.82, 2.24) is 5.32 Å². The first kappa shape index (κ1) is 51.4. The van der Waals surface area contributed by atoms with E-state index in [-0.39, 0.29) is 6.61 Å². The molecule has 1 saturated heterocycles. The SMILES string of the molecule is CCCCCCCCCCCCCCCCCC=CC(O)C(=O)NC(COC1OC(CO)C(O)C(O)C1O)C(O)C=CCCC=C(C)CCCCCCCC. The number of nitrogens with one attached hydrogen (secondary N) is 1. The van der Waals surface area contributed by atoms with Gasteiger partial charge in [-0.3, -0.25) is 4.79 Å². The molecule has 8 atom stereocenters. The second-order valence-corrected chi connectivity index (χ2v) is 15.8. The molecular formula is C45H83NO9. The van der Waals surface area contributed by atoms with Crippen LogP contribution in [-0.4, -0.2) is 98.7 Å². The zero-order valence-electron chi connectivity index (χ0n) is 35.0. The van der Waals surface area contributed by atoms with E-state index in [0.29, 0.717) is 6.42 Å². The summed E-state index contributed by atoms with van der Waals surface area (Å²) in [6, 6.07) is -1.03. The lowest BCUT2D eigenvalue weighted by molar-refractivity contribution is -0.302. The van der Waals surface area contributed by atoms with Crippen molar-refractivity contribution in [2.24, 2.45) is 0 Å². The second-order valence-electron chi connectivity index (χ2n) is 15.8. The first-order valence-electron chi connectivity index (χ1n) is 22.2. The first-order chi connectivity index (χ1) is 26.7.